The summed E-state index contributed by atoms with van der Waals surface area (Å²) < 4.78 is 10.2. The third-order valence-corrected chi connectivity index (χ3v) is 2.03. The quantitative estimate of drug-likeness (QED) is 0.802. The van der Waals surface area contributed by atoms with Crippen molar-refractivity contribution in [2.24, 2.45) is 0 Å². The van der Waals surface area contributed by atoms with Crippen LogP contribution in [0.3, 0.4) is 0 Å². The highest BCUT2D eigenvalue weighted by Gasteiger charge is 2.03. The van der Waals surface area contributed by atoms with E-state index in [0.717, 1.165) is 5.56 Å². The molecule has 0 aliphatic carbocycles. The Morgan fingerprint density at radius 2 is 1.75 bits per heavy atom. The zero-order valence-electron chi connectivity index (χ0n) is 9.28. The van der Waals surface area contributed by atoms with Crippen molar-refractivity contribution in [3.05, 3.63) is 23.8 Å². The van der Waals surface area contributed by atoms with Gasteiger partial charge in [-0.05, 0) is 17.7 Å². The van der Waals surface area contributed by atoms with Gasteiger partial charge in [0.15, 0.2) is 6.61 Å². The van der Waals surface area contributed by atoms with Gasteiger partial charge in [-0.2, -0.15) is 0 Å². The Hall–Kier alpha value is -1.75. The van der Waals surface area contributed by atoms with E-state index in [0.29, 0.717) is 11.5 Å². The van der Waals surface area contributed by atoms with Gasteiger partial charge in [0, 0.05) is 12.6 Å². The van der Waals surface area contributed by atoms with Crippen LogP contribution in [0, 0.1) is 0 Å². The lowest BCUT2D eigenvalue weighted by molar-refractivity contribution is -0.125. The number of methoxy groups -OCH3 is 2. The van der Waals surface area contributed by atoms with Crippen LogP contribution in [0.1, 0.15) is 5.56 Å². The summed E-state index contributed by atoms with van der Waals surface area (Å²) in [6, 6.07) is 5.28. The minimum atomic E-state index is -0.763. The van der Waals surface area contributed by atoms with Gasteiger partial charge >= 0.3 is 0 Å². The van der Waals surface area contributed by atoms with E-state index < -0.39 is 12.5 Å². The fourth-order valence-electron chi connectivity index (χ4n) is 1.22. The van der Waals surface area contributed by atoms with Crippen LogP contribution < -0.4 is 14.8 Å². The molecular weight excluding hydrogens is 210 g/mol. The van der Waals surface area contributed by atoms with E-state index in [-0.39, 0.29) is 6.54 Å². The molecule has 0 fully saturated rings. The molecule has 1 radical (unpaired) electrons. The second kappa shape index (κ2) is 5.97. The van der Waals surface area contributed by atoms with Gasteiger partial charge in [-0.3, -0.25) is 4.79 Å². The van der Waals surface area contributed by atoms with Crippen LogP contribution in [0.2, 0.25) is 0 Å². The number of hydrogen-bond donors (Lipinski definition) is 1. The first kappa shape index (κ1) is 12.3. The van der Waals surface area contributed by atoms with Crippen molar-refractivity contribution in [2.75, 3.05) is 20.8 Å². The number of amides is 1. The Kier molecular flexibility index (Phi) is 4.60. The maximum atomic E-state index is 10.8. The predicted octanol–water partition coefficient (Wildman–Crippen LogP) is 0.750. The Balaban J connectivity index is 2.74. The number of rotatable bonds is 5. The molecule has 0 aromatic heterocycles. The van der Waals surface area contributed by atoms with Crippen LogP contribution in [-0.2, 0) is 16.4 Å². The molecule has 5 heteroatoms. The van der Waals surface area contributed by atoms with Gasteiger partial charge in [-0.1, -0.05) is 0 Å². The van der Waals surface area contributed by atoms with Crippen LogP contribution in [0.4, 0.5) is 0 Å². The zero-order chi connectivity index (χ0) is 12.0. The van der Waals surface area contributed by atoms with Gasteiger partial charge < -0.3 is 14.8 Å². The monoisotopic (exact) mass is 224 g/mol. The van der Waals surface area contributed by atoms with Crippen LogP contribution in [0.15, 0.2) is 18.2 Å². The highest BCUT2D eigenvalue weighted by atomic mass is 16.5. The molecule has 0 heterocycles. The Labute approximate surface area is 94.0 Å². The average molecular weight is 224 g/mol. The molecule has 1 amide bonds. The van der Waals surface area contributed by atoms with Crippen molar-refractivity contribution in [1.82, 2.24) is 5.32 Å². The molecule has 1 rings (SSSR count). The SMILES string of the molecule is COc1cc(CNC(=O)C[O])cc(OC)c1. The first-order chi connectivity index (χ1) is 7.69. The van der Waals surface area contributed by atoms with Crippen LogP contribution in [0.5, 0.6) is 11.5 Å². The van der Waals surface area contributed by atoms with Gasteiger partial charge in [-0.25, -0.2) is 5.11 Å². The molecule has 0 unspecified atom stereocenters. The van der Waals surface area contributed by atoms with E-state index in [1.165, 1.54) is 0 Å². The van der Waals surface area contributed by atoms with Gasteiger partial charge in [0.2, 0.25) is 5.91 Å². The predicted molar refractivity (Wildman–Crippen MR) is 56.9 cm³/mol. The molecule has 16 heavy (non-hydrogen) atoms. The lowest BCUT2D eigenvalue weighted by Crippen LogP contribution is -2.25. The van der Waals surface area contributed by atoms with E-state index >= 15 is 0 Å². The summed E-state index contributed by atoms with van der Waals surface area (Å²) in [4.78, 5) is 10.8. The number of nitrogens with one attached hydrogen (secondary N) is 1. The van der Waals surface area contributed by atoms with Crippen molar-refractivity contribution < 1.29 is 19.4 Å². The molecule has 0 bridgehead atoms. The molecule has 87 valence electrons. The van der Waals surface area contributed by atoms with E-state index in [2.05, 4.69) is 5.32 Å². The van der Waals surface area contributed by atoms with Gasteiger partial charge in [0.25, 0.3) is 0 Å². The molecule has 1 aromatic rings. The van der Waals surface area contributed by atoms with Crippen molar-refractivity contribution in [1.29, 1.82) is 0 Å². The maximum Gasteiger partial charge on any atom is 0.249 e. The van der Waals surface area contributed by atoms with Crippen molar-refractivity contribution >= 4 is 5.91 Å². The first-order valence-electron chi connectivity index (χ1n) is 4.76. The van der Waals surface area contributed by atoms with E-state index in [9.17, 15) is 9.90 Å². The summed E-state index contributed by atoms with van der Waals surface area (Å²) in [5, 5.41) is 12.7. The molecule has 0 aliphatic heterocycles. The molecule has 0 saturated carbocycles. The number of carbonyl (C=O) groups is 1. The molecular formula is C11H14NO4. The molecule has 5 nitrogen and oxygen atoms in total. The van der Waals surface area contributed by atoms with Crippen molar-refractivity contribution in [3.8, 4) is 11.5 Å². The van der Waals surface area contributed by atoms with Crippen molar-refractivity contribution in [3.63, 3.8) is 0 Å². The largest absolute Gasteiger partial charge is 0.497 e. The van der Waals surface area contributed by atoms with Gasteiger partial charge in [0.1, 0.15) is 11.5 Å². The molecule has 0 aliphatic rings. The van der Waals surface area contributed by atoms with Gasteiger partial charge in [0.05, 0.1) is 14.2 Å². The Bertz CT molecular complexity index is 343. The Morgan fingerprint density at radius 1 is 1.19 bits per heavy atom. The molecule has 1 aromatic carbocycles. The van der Waals surface area contributed by atoms with Crippen LogP contribution in [-0.4, -0.2) is 26.7 Å². The highest BCUT2D eigenvalue weighted by Crippen LogP contribution is 2.22. The first-order valence-corrected chi connectivity index (χ1v) is 4.76. The van der Waals surface area contributed by atoms with E-state index in [1.54, 1.807) is 32.4 Å². The van der Waals surface area contributed by atoms with Gasteiger partial charge in [-0.15, -0.1) is 0 Å². The minimum absolute atomic E-state index is 0.286. The summed E-state index contributed by atoms with van der Waals surface area (Å²) in [7, 11) is 3.10. The molecule has 0 saturated heterocycles. The van der Waals surface area contributed by atoms with E-state index in [4.69, 9.17) is 9.47 Å². The van der Waals surface area contributed by atoms with Crippen LogP contribution in [0.25, 0.3) is 0 Å². The lowest BCUT2D eigenvalue weighted by atomic mass is 10.2. The number of hydrogen-bond acceptors (Lipinski definition) is 3. The fraction of sp³-hybridized carbons (Fsp3) is 0.364. The number of carbonyl (C=O) groups excluding carboxylic acids is 1. The number of ether oxygens (including phenoxy) is 2. The highest BCUT2D eigenvalue weighted by molar-refractivity contribution is 5.76. The molecule has 0 spiro atoms. The summed E-state index contributed by atoms with van der Waals surface area (Å²) >= 11 is 0. The maximum absolute atomic E-state index is 10.8. The summed E-state index contributed by atoms with van der Waals surface area (Å²) in [5.41, 5.74) is 0.818. The van der Waals surface area contributed by atoms with Crippen molar-refractivity contribution in [2.45, 2.75) is 6.54 Å². The molecule has 0 atom stereocenters. The Morgan fingerprint density at radius 3 is 2.19 bits per heavy atom. The normalized spacial score (nSPS) is 9.69. The third kappa shape index (κ3) is 3.43. The smallest absolute Gasteiger partial charge is 0.249 e. The van der Waals surface area contributed by atoms with Crippen LogP contribution >= 0.6 is 0 Å². The number of benzene rings is 1. The summed E-state index contributed by atoms with van der Waals surface area (Å²) in [6.07, 6.45) is 0. The standard InChI is InChI=1S/C11H14NO4/c1-15-9-3-8(4-10(5-9)16-2)6-12-11(14)7-13/h3-5H,6-7H2,1-2H3,(H,12,14). The van der Waals surface area contributed by atoms with E-state index in [1.807, 2.05) is 0 Å². The third-order valence-electron chi connectivity index (χ3n) is 2.03. The zero-order valence-corrected chi connectivity index (χ0v) is 9.28. The minimum Gasteiger partial charge on any atom is -0.497 e. The lowest BCUT2D eigenvalue weighted by Gasteiger charge is -2.08. The average Bonchev–Trinajstić information content (AvgIpc) is 2.35. The second-order valence-corrected chi connectivity index (χ2v) is 3.14. The fourth-order valence-corrected chi connectivity index (χ4v) is 1.22. The molecule has 1 N–H and O–H groups in total. The topological polar surface area (TPSA) is 67.5 Å². The summed E-state index contributed by atoms with van der Waals surface area (Å²) in [6.45, 7) is -0.476. The second-order valence-electron chi connectivity index (χ2n) is 3.14. The summed E-state index contributed by atoms with van der Waals surface area (Å²) in [5.74, 6) is 0.762.